The van der Waals surface area contributed by atoms with Gasteiger partial charge < -0.3 is 9.80 Å². The molecule has 0 aliphatic heterocycles. The van der Waals surface area contributed by atoms with E-state index < -0.39 is 0 Å². The summed E-state index contributed by atoms with van der Waals surface area (Å²) in [6.07, 6.45) is 1.27. The van der Waals surface area contributed by atoms with Crippen molar-refractivity contribution < 1.29 is 9.59 Å². The summed E-state index contributed by atoms with van der Waals surface area (Å²) in [7, 11) is 3.40. The zero-order valence-corrected chi connectivity index (χ0v) is 14.9. The Bertz CT molecular complexity index is 491. The fourth-order valence-corrected chi connectivity index (χ4v) is 2.78. The van der Waals surface area contributed by atoms with E-state index in [9.17, 15) is 9.59 Å². The van der Waals surface area contributed by atoms with E-state index in [1.165, 1.54) is 4.90 Å². The summed E-state index contributed by atoms with van der Waals surface area (Å²) >= 11 is 7.46. The summed E-state index contributed by atoms with van der Waals surface area (Å²) < 4.78 is 0. The monoisotopic (exact) mass is 342 g/mol. The van der Waals surface area contributed by atoms with E-state index in [1.54, 1.807) is 30.8 Å². The van der Waals surface area contributed by atoms with Crippen LogP contribution in [0, 0.1) is 0 Å². The maximum absolute atomic E-state index is 12.3. The van der Waals surface area contributed by atoms with Crippen molar-refractivity contribution in [3.8, 4) is 0 Å². The molecule has 4 nitrogen and oxygen atoms in total. The Hall–Kier alpha value is -1.20. The van der Waals surface area contributed by atoms with Crippen LogP contribution < -0.4 is 0 Å². The molecule has 0 unspecified atom stereocenters. The molecule has 0 aromatic heterocycles. The zero-order chi connectivity index (χ0) is 16.5. The van der Waals surface area contributed by atoms with Gasteiger partial charge in [-0.3, -0.25) is 9.59 Å². The lowest BCUT2D eigenvalue weighted by atomic mass is 10.3. The third kappa shape index (κ3) is 6.71. The molecular formula is C16H23ClN2O2S. The lowest BCUT2D eigenvalue weighted by Crippen LogP contribution is -2.40. The molecule has 1 aromatic rings. The molecule has 0 saturated carbocycles. The average molecular weight is 343 g/mol. The summed E-state index contributed by atoms with van der Waals surface area (Å²) in [6, 6.07) is 7.56. The maximum atomic E-state index is 12.3. The molecule has 2 amide bonds. The van der Waals surface area contributed by atoms with Crippen LogP contribution in [0.3, 0.4) is 0 Å². The molecule has 6 heteroatoms. The summed E-state index contributed by atoms with van der Waals surface area (Å²) in [4.78, 5) is 28.3. The molecule has 0 spiro atoms. The van der Waals surface area contributed by atoms with Crippen molar-refractivity contribution in [1.82, 2.24) is 9.80 Å². The van der Waals surface area contributed by atoms with Gasteiger partial charge in [0.05, 0.1) is 6.54 Å². The van der Waals surface area contributed by atoms with Crippen molar-refractivity contribution in [3.05, 3.63) is 29.3 Å². The first-order chi connectivity index (χ1) is 10.4. The number of halogens is 1. The normalized spacial score (nSPS) is 10.4. The molecule has 0 aliphatic carbocycles. The summed E-state index contributed by atoms with van der Waals surface area (Å²) in [6.45, 7) is 2.78. The van der Waals surface area contributed by atoms with Crippen molar-refractivity contribution in [3.63, 3.8) is 0 Å². The van der Waals surface area contributed by atoms with Gasteiger partial charge in [0, 0.05) is 42.7 Å². The van der Waals surface area contributed by atoms with Crippen molar-refractivity contribution in [2.45, 2.75) is 24.7 Å². The highest BCUT2D eigenvalue weighted by atomic mass is 35.5. The molecule has 1 aromatic carbocycles. The number of nitrogens with zero attached hydrogens (tertiary/aromatic N) is 2. The molecule has 0 heterocycles. The van der Waals surface area contributed by atoms with Crippen molar-refractivity contribution in [2.24, 2.45) is 0 Å². The Morgan fingerprint density at radius 2 is 1.77 bits per heavy atom. The van der Waals surface area contributed by atoms with Gasteiger partial charge in [-0.1, -0.05) is 18.5 Å². The number of amides is 2. The minimum absolute atomic E-state index is 0.0264. The van der Waals surface area contributed by atoms with E-state index in [0.717, 1.165) is 11.3 Å². The van der Waals surface area contributed by atoms with E-state index in [4.69, 9.17) is 11.6 Å². The third-order valence-electron chi connectivity index (χ3n) is 3.07. The molecule has 0 saturated heterocycles. The summed E-state index contributed by atoms with van der Waals surface area (Å²) in [5, 5.41) is 0.705. The van der Waals surface area contributed by atoms with E-state index in [1.807, 2.05) is 31.2 Å². The predicted octanol–water partition coefficient (Wildman–Crippen LogP) is 3.15. The van der Waals surface area contributed by atoms with E-state index in [2.05, 4.69) is 0 Å². The predicted molar refractivity (Wildman–Crippen MR) is 92.4 cm³/mol. The van der Waals surface area contributed by atoms with Crippen molar-refractivity contribution >= 4 is 35.2 Å². The fraction of sp³-hybridized carbons (Fsp3) is 0.500. The lowest BCUT2D eigenvalue weighted by Gasteiger charge is -2.23. The Balaban J connectivity index is 2.45. The largest absolute Gasteiger partial charge is 0.347 e. The highest BCUT2D eigenvalue weighted by Gasteiger charge is 2.17. The Morgan fingerprint density at radius 3 is 2.32 bits per heavy atom. The minimum atomic E-state index is -0.0489. The second-order valence-electron chi connectivity index (χ2n) is 5.16. The number of thioether (sulfide) groups is 1. The molecule has 1 rings (SSSR count). The fourth-order valence-electron chi connectivity index (χ4n) is 1.81. The van der Waals surface area contributed by atoms with Gasteiger partial charge in [0.15, 0.2) is 0 Å². The van der Waals surface area contributed by atoms with Gasteiger partial charge in [0.2, 0.25) is 11.8 Å². The lowest BCUT2D eigenvalue weighted by molar-refractivity contribution is -0.139. The first-order valence-electron chi connectivity index (χ1n) is 7.30. The van der Waals surface area contributed by atoms with Crippen LogP contribution in [0.2, 0.25) is 5.02 Å². The molecule has 22 heavy (non-hydrogen) atoms. The SMILES string of the molecule is CCCN(CC(=O)N(C)C)C(=O)CCSc1ccc(Cl)cc1. The molecule has 0 fully saturated rings. The minimum Gasteiger partial charge on any atom is -0.347 e. The number of hydrogen-bond donors (Lipinski definition) is 0. The van der Waals surface area contributed by atoms with Gasteiger partial charge >= 0.3 is 0 Å². The van der Waals surface area contributed by atoms with Crippen molar-refractivity contribution in [1.29, 1.82) is 0 Å². The molecule has 0 N–H and O–H groups in total. The third-order valence-corrected chi connectivity index (χ3v) is 4.34. The molecular weight excluding hydrogens is 320 g/mol. The highest BCUT2D eigenvalue weighted by Crippen LogP contribution is 2.21. The number of hydrogen-bond acceptors (Lipinski definition) is 3. The molecule has 0 radical (unpaired) electrons. The Labute approximate surface area is 141 Å². The van der Waals surface area contributed by atoms with Gasteiger partial charge in [-0.05, 0) is 30.7 Å². The van der Waals surface area contributed by atoms with Crippen LogP contribution in [0.15, 0.2) is 29.2 Å². The second kappa shape index (κ2) is 9.74. The van der Waals surface area contributed by atoms with Gasteiger partial charge in [0.25, 0.3) is 0 Å². The smallest absolute Gasteiger partial charge is 0.241 e. The Kier molecular flexibility index (Phi) is 8.35. The average Bonchev–Trinajstić information content (AvgIpc) is 2.48. The topological polar surface area (TPSA) is 40.6 Å². The summed E-state index contributed by atoms with van der Waals surface area (Å²) in [5.74, 6) is 0.669. The molecule has 0 bridgehead atoms. The van der Waals surface area contributed by atoms with Crippen LogP contribution >= 0.6 is 23.4 Å². The first kappa shape index (κ1) is 18.8. The highest BCUT2D eigenvalue weighted by molar-refractivity contribution is 7.99. The number of carbonyl (C=O) groups excluding carboxylic acids is 2. The van der Waals surface area contributed by atoms with Crippen LogP contribution in [0.25, 0.3) is 0 Å². The van der Waals surface area contributed by atoms with Crippen LogP contribution in [-0.4, -0.2) is 54.6 Å². The Morgan fingerprint density at radius 1 is 1.14 bits per heavy atom. The molecule has 0 aliphatic rings. The number of rotatable bonds is 8. The van der Waals surface area contributed by atoms with E-state index in [-0.39, 0.29) is 18.4 Å². The quantitative estimate of drug-likeness (QED) is 0.681. The van der Waals surface area contributed by atoms with Gasteiger partial charge in [-0.15, -0.1) is 11.8 Å². The first-order valence-corrected chi connectivity index (χ1v) is 8.66. The number of benzene rings is 1. The number of likely N-dealkylation sites (N-methyl/N-ethyl adjacent to an activating group) is 1. The van der Waals surface area contributed by atoms with E-state index in [0.29, 0.717) is 23.7 Å². The van der Waals surface area contributed by atoms with Crippen molar-refractivity contribution in [2.75, 3.05) is 32.9 Å². The van der Waals surface area contributed by atoms with Gasteiger partial charge in [0.1, 0.15) is 0 Å². The van der Waals surface area contributed by atoms with Gasteiger partial charge in [-0.2, -0.15) is 0 Å². The zero-order valence-electron chi connectivity index (χ0n) is 13.3. The molecule has 0 atom stereocenters. The molecule has 122 valence electrons. The van der Waals surface area contributed by atoms with Crippen LogP contribution in [0.1, 0.15) is 19.8 Å². The number of carbonyl (C=O) groups is 2. The van der Waals surface area contributed by atoms with Crippen LogP contribution in [0.4, 0.5) is 0 Å². The van der Waals surface area contributed by atoms with Crippen LogP contribution in [0.5, 0.6) is 0 Å². The van der Waals surface area contributed by atoms with Gasteiger partial charge in [-0.25, -0.2) is 0 Å². The standard InChI is InChI=1S/C16H23ClN2O2S/c1-4-10-19(12-16(21)18(2)3)15(20)9-11-22-14-7-5-13(17)6-8-14/h5-8H,4,9-12H2,1-3H3. The summed E-state index contributed by atoms with van der Waals surface area (Å²) in [5.41, 5.74) is 0. The maximum Gasteiger partial charge on any atom is 0.241 e. The second-order valence-corrected chi connectivity index (χ2v) is 6.76. The van der Waals surface area contributed by atoms with E-state index >= 15 is 0 Å². The van der Waals surface area contributed by atoms with Crippen LogP contribution in [-0.2, 0) is 9.59 Å².